The van der Waals surface area contributed by atoms with Gasteiger partial charge in [-0.1, -0.05) is 18.2 Å². The van der Waals surface area contributed by atoms with Crippen molar-refractivity contribution < 1.29 is 4.74 Å². The summed E-state index contributed by atoms with van der Waals surface area (Å²) >= 11 is 0. The van der Waals surface area contributed by atoms with Gasteiger partial charge in [0.2, 0.25) is 5.95 Å². The summed E-state index contributed by atoms with van der Waals surface area (Å²) in [6.45, 7) is 0. The molecule has 0 spiro atoms. The number of anilines is 1. The van der Waals surface area contributed by atoms with Gasteiger partial charge in [0.15, 0.2) is 0 Å². The van der Waals surface area contributed by atoms with E-state index in [0.717, 1.165) is 16.5 Å². The van der Waals surface area contributed by atoms with Gasteiger partial charge < -0.3 is 10.1 Å². The molecule has 0 atom stereocenters. The van der Waals surface area contributed by atoms with Crippen LogP contribution in [0.5, 0.6) is 6.01 Å². The molecular formula is C15H15N5O. The van der Waals surface area contributed by atoms with E-state index in [1.54, 1.807) is 20.4 Å². The van der Waals surface area contributed by atoms with Crippen LogP contribution in [0.15, 0.2) is 36.5 Å². The first-order valence-corrected chi connectivity index (χ1v) is 6.59. The molecule has 2 heterocycles. The molecule has 106 valence electrons. The first kappa shape index (κ1) is 13.2. The molecule has 0 radical (unpaired) electrons. The molecule has 21 heavy (non-hydrogen) atoms. The van der Waals surface area contributed by atoms with E-state index in [4.69, 9.17) is 4.74 Å². The quantitative estimate of drug-likeness (QED) is 0.789. The molecule has 3 rings (SSSR count). The number of nitrogens with one attached hydrogen (secondary N) is 1. The van der Waals surface area contributed by atoms with Gasteiger partial charge in [0.25, 0.3) is 0 Å². The van der Waals surface area contributed by atoms with Crippen LogP contribution in [0.25, 0.3) is 10.9 Å². The van der Waals surface area contributed by atoms with Gasteiger partial charge in [-0.2, -0.15) is 15.0 Å². The molecule has 0 saturated carbocycles. The molecule has 0 aliphatic heterocycles. The Labute approximate surface area is 122 Å². The number of ether oxygens (including phenoxy) is 1. The third-order valence-electron chi connectivity index (χ3n) is 3.16. The lowest BCUT2D eigenvalue weighted by Crippen LogP contribution is -2.06. The first-order chi connectivity index (χ1) is 10.3. The summed E-state index contributed by atoms with van der Waals surface area (Å²) in [5.41, 5.74) is 2.08. The Hall–Kier alpha value is -2.76. The Morgan fingerprint density at radius 3 is 2.76 bits per heavy atom. The molecule has 1 aromatic carbocycles. The van der Waals surface area contributed by atoms with Crippen LogP contribution in [0.3, 0.4) is 0 Å². The van der Waals surface area contributed by atoms with Crippen LogP contribution in [0.2, 0.25) is 0 Å². The smallest absolute Gasteiger partial charge is 0.321 e. The van der Waals surface area contributed by atoms with Crippen LogP contribution in [-0.2, 0) is 6.42 Å². The van der Waals surface area contributed by atoms with Gasteiger partial charge >= 0.3 is 6.01 Å². The maximum atomic E-state index is 5.11. The van der Waals surface area contributed by atoms with Crippen molar-refractivity contribution in [1.82, 2.24) is 19.9 Å². The van der Waals surface area contributed by atoms with Gasteiger partial charge in [-0.05, 0) is 17.7 Å². The molecule has 0 aliphatic carbocycles. The number of methoxy groups -OCH3 is 1. The highest BCUT2D eigenvalue weighted by Crippen LogP contribution is 2.19. The van der Waals surface area contributed by atoms with E-state index in [0.29, 0.717) is 24.2 Å². The highest BCUT2D eigenvalue weighted by atomic mass is 16.5. The van der Waals surface area contributed by atoms with E-state index in [2.05, 4.69) is 31.3 Å². The van der Waals surface area contributed by atoms with Crippen LogP contribution in [-0.4, -0.2) is 34.1 Å². The Morgan fingerprint density at radius 2 is 1.95 bits per heavy atom. The molecular weight excluding hydrogens is 266 g/mol. The highest BCUT2D eigenvalue weighted by molar-refractivity contribution is 5.82. The molecule has 0 bridgehead atoms. The zero-order chi connectivity index (χ0) is 14.7. The molecule has 0 amide bonds. The minimum atomic E-state index is 0.308. The summed E-state index contributed by atoms with van der Waals surface area (Å²) in [5, 5.41) is 4.01. The molecule has 3 aromatic rings. The first-order valence-electron chi connectivity index (χ1n) is 6.59. The standard InChI is InChI=1S/C15H15N5O/c1-16-14-18-13(19-15(20-14)21-2)9-10-7-8-17-12-6-4-3-5-11(10)12/h3-8H,9H2,1-2H3,(H,16,18,19,20). The SMILES string of the molecule is CNc1nc(Cc2ccnc3ccccc23)nc(OC)n1. The molecule has 0 saturated heterocycles. The number of nitrogens with zero attached hydrogens (tertiary/aromatic N) is 4. The minimum absolute atomic E-state index is 0.308. The second kappa shape index (κ2) is 5.70. The van der Waals surface area contributed by atoms with E-state index in [1.165, 1.54) is 0 Å². The average molecular weight is 281 g/mol. The monoisotopic (exact) mass is 281 g/mol. The number of rotatable bonds is 4. The number of para-hydroxylation sites is 1. The molecule has 6 nitrogen and oxygen atoms in total. The number of benzene rings is 1. The van der Waals surface area contributed by atoms with Gasteiger partial charge in [0, 0.05) is 25.1 Å². The Morgan fingerprint density at radius 1 is 1.10 bits per heavy atom. The maximum Gasteiger partial charge on any atom is 0.321 e. The van der Waals surface area contributed by atoms with Gasteiger partial charge in [0.05, 0.1) is 12.6 Å². The van der Waals surface area contributed by atoms with Crippen LogP contribution < -0.4 is 10.1 Å². The summed E-state index contributed by atoms with van der Waals surface area (Å²) in [4.78, 5) is 17.1. The lowest BCUT2D eigenvalue weighted by molar-refractivity contribution is 0.377. The van der Waals surface area contributed by atoms with E-state index in [-0.39, 0.29) is 0 Å². The summed E-state index contributed by atoms with van der Waals surface area (Å²) in [7, 11) is 3.31. The normalized spacial score (nSPS) is 10.6. The molecule has 0 aliphatic rings. The number of hydrogen-bond donors (Lipinski definition) is 1. The fraction of sp³-hybridized carbons (Fsp3) is 0.200. The highest BCUT2D eigenvalue weighted by Gasteiger charge is 2.09. The second-order valence-corrected chi connectivity index (χ2v) is 4.48. The molecule has 2 aromatic heterocycles. The summed E-state index contributed by atoms with van der Waals surface area (Å²) in [6, 6.07) is 10.3. The molecule has 6 heteroatoms. The van der Waals surface area contributed by atoms with Crippen molar-refractivity contribution in [3.8, 4) is 6.01 Å². The molecule has 0 fully saturated rings. The van der Waals surface area contributed by atoms with Crippen LogP contribution in [0.4, 0.5) is 5.95 Å². The predicted octanol–water partition coefficient (Wildman–Crippen LogP) is 2.06. The number of pyridine rings is 1. The van der Waals surface area contributed by atoms with Crippen molar-refractivity contribution in [2.75, 3.05) is 19.5 Å². The maximum absolute atomic E-state index is 5.11. The zero-order valence-corrected chi connectivity index (χ0v) is 11.9. The van der Waals surface area contributed by atoms with Gasteiger partial charge in [0.1, 0.15) is 5.82 Å². The van der Waals surface area contributed by atoms with E-state index in [9.17, 15) is 0 Å². The van der Waals surface area contributed by atoms with Crippen molar-refractivity contribution >= 4 is 16.9 Å². The average Bonchev–Trinajstić information content (AvgIpc) is 2.55. The fourth-order valence-corrected chi connectivity index (χ4v) is 2.16. The Bertz CT molecular complexity index is 747. The number of aromatic nitrogens is 4. The minimum Gasteiger partial charge on any atom is -0.467 e. The molecule has 1 N–H and O–H groups in total. The van der Waals surface area contributed by atoms with E-state index >= 15 is 0 Å². The lowest BCUT2D eigenvalue weighted by atomic mass is 10.1. The molecule has 0 unspecified atom stereocenters. The van der Waals surface area contributed by atoms with Gasteiger partial charge in [-0.25, -0.2) is 0 Å². The Kier molecular flexibility index (Phi) is 3.59. The van der Waals surface area contributed by atoms with Gasteiger partial charge in [-0.15, -0.1) is 0 Å². The predicted molar refractivity (Wildman–Crippen MR) is 80.5 cm³/mol. The van der Waals surface area contributed by atoms with E-state index < -0.39 is 0 Å². The van der Waals surface area contributed by atoms with E-state index in [1.807, 2.05) is 24.3 Å². The number of fused-ring (bicyclic) bond motifs is 1. The van der Waals surface area contributed by atoms with Crippen molar-refractivity contribution in [3.63, 3.8) is 0 Å². The third-order valence-corrected chi connectivity index (χ3v) is 3.16. The van der Waals surface area contributed by atoms with Crippen molar-refractivity contribution in [3.05, 3.63) is 47.9 Å². The number of hydrogen-bond acceptors (Lipinski definition) is 6. The topological polar surface area (TPSA) is 72.8 Å². The lowest BCUT2D eigenvalue weighted by Gasteiger charge is -2.07. The van der Waals surface area contributed by atoms with Crippen LogP contribution in [0, 0.1) is 0 Å². The summed E-state index contributed by atoms with van der Waals surface area (Å²) in [6.07, 6.45) is 2.39. The zero-order valence-electron chi connectivity index (χ0n) is 11.9. The Balaban J connectivity index is 2.02. The second-order valence-electron chi connectivity index (χ2n) is 4.48. The summed E-state index contributed by atoms with van der Waals surface area (Å²) < 4.78 is 5.11. The van der Waals surface area contributed by atoms with Crippen molar-refractivity contribution in [2.24, 2.45) is 0 Å². The van der Waals surface area contributed by atoms with Crippen LogP contribution >= 0.6 is 0 Å². The van der Waals surface area contributed by atoms with Crippen molar-refractivity contribution in [2.45, 2.75) is 6.42 Å². The van der Waals surface area contributed by atoms with Crippen molar-refractivity contribution in [1.29, 1.82) is 0 Å². The van der Waals surface area contributed by atoms with Crippen LogP contribution in [0.1, 0.15) is 11.4 Å². The summed E-state index contributed by atoms with van der Waals surface area (Å²) in [5.74, 6) is 1.15. The van der Waals surface area contributed by atoms with Gasteiger partial charge in [-0.3, -0.25) is 4.98 Å². The third kappa shape index (κ3) is 2.74. The largest absolute Gasteiger partial charge is 0.467 e. The fourth-order valence-electron chi connectivity index (χ4n) is 2.16.